The summed E-state index contributed by atoms with van der Waals surface area (Å²) in [5, 5.41) is 9.23. The highest BCUT2D eigenvalue weighted by Gasteiger charge is 2.26. The maximum Gasteiger partial charge on any atom is 0.309 e. The number of rotatable bonds is 3. The fourth-order valence-electron chi connectivity index (χ4n) is 1.95. The van der Waals surface area contributed by atoms with Gasteiger partial charge < -0.3 is 9.84 Å². The van der Waals surface area contributed by atoms with E-state index in [0.717, 1.165) is 25.9 Å². The molecule has 1 unspecified atom stereocenters. The third kappa shape index (κ3) is 3.27. The Morgan fingerprint density at radius 2 is 2.43 bits per heavy atom. The first kappa shape index (κ1) is 11.5. The molecule has 0 amide bonds. The molecule has 0 bridgehead atoms. The summed E-state index contributed by atoms with van der Waals surface area (Å²) in [6, 6.07) is 0. The van der Waals surface area contributed by atoms with E-state index in [2.05, 4.69) is 4.90 Å². The molecule has 1 aliphatic heterocycles. The zero-order valence-corrected chi connectivity index (χ0v) is 8.90. The Bertz CT molecular complexity index is 194. The second-order valence-corrected chi connectivity index (χ2v) is 3.97. The van der Waals surface area contributed by atoms with Crippen LogP contribution in [0.2, 0.25) is 0 Å². The van der Waals surface area contributed by atoms with E-state index in [4.69, 9.17) is 4.74 Å². The minimum absolute atomic E-state index is 0.00694. The summed E-state index contributed by atoms with van der Waals surface area (Å²) in [4.78, 5) is 13.4. The number of β-amino-alcohol motifs (C(OH)–C–C–N with tert-alkyl or cyclic N) is 1. The third-order valence-electron chi connectivity index (χ3n) is 2.56. The molecule has 4 heteroatoms. The van der Waals surface area contributed by atoms with Crippen molar-refractivity contribution in [3.63, 3.8) is 0 Å². The first-order valence-corrected chi connectivity index (χ1v) is 5.11. The number of aliphatic hydroxyl groups is 1. The van der Waals surface area contributed by atoms with Gasteiger partial charge in [-0.1, -0.05) is 0 Å². The minimum Gasteiger partial charge on any atom is -0.469 e. The Labute approximate surface area is 84.8 Å². The molecular formula is C10H19NO3. The number of aliphatic hydroxyl groups excluding tert-OH is 1. The zero-order valence-electron chi connectivity index (χ0n) is 8.90. The number of hydrogen-bond acceptors (Lipinski definition) is 4. The molecule has 0 aromatic carbocycles. The predicted octanol–water partition coefficient (Wildman–Crippen LogP) is 0.252. The molecule has 1 aliphatic rings. The van der Waals surface area contributed by atoms with Gasteiger partial charge in [-0.15, -0.1) is 0 Å². The summed E-state index contributed by atoms with van der Waals surface area (Å²) in [6.07, 6.45) is 1.58. The van der Waals surface area contributed by atoms with Gasteiger partial charge in [0.05, 0.1) is 19.1 Å². The molecule has 0 aromatic rings. The van der Waals surface area contributed by atoms with Crippen molar-refractivity contribution in [1.82, 2.24) is 4.90 Å². The maximum absolute atomic E-state index is 11.3. The van der Waals surface area contributed by atoms with Crippen LogP contribution in [0.4, 0.5) is 0 Å². The molecule has 1 rings (SSSR count). The van der Waals surface area contributed by atoms with Crippen molar-refractivity contribution in [2.45, 2.75) is 25.9 Å². The summed E-state index contributed by atoms with van der Waals surface area (Å²) in [7, 11) is 1.43. The van der Waals surface area contributed by atoms with Crippen molar-refractivity contribution >= 4 is 5.97 Å². The van der Waals surface area contributed by atoms with Crippen molar-refractivity contribution in [3.8, 4) is 0 Å². The van der Waals surface area contributed by atoms with E-state index < -0.39 is 0 Å². The van der Waals surface area contributed by atoms with Crippen LogP contribution in [0, 0.1) is 5.92 Å². The smallest absolute Gasteiger partial charge is 0.309 e. The Hall–Kier alpha value is -0.610. The van der Waals surface area contributed by atoms with Gasteiger partial charge in [-0.3, -0.25) is 9.69 Å². The molecule has 1 heterocycles. The number of ether oxygens (including phenoxy) is 1. The summed E-state index contributed by atoms with van der Waals surface area (Å²) in [5.74, 6) is -0.132. The van der Waals surface area contributed by atoms with Crippen LogP contribution in [0.3, 0.4) is 0 Å². The van der Waals surface area contributed by atoms with E-state index in [1.54, 1.807) is 6.92 Å². The normalized spacial score (nSPS) is 25.8. The molecular weight excluding hydrogens is 182 g/mol. The van der Waals surface area contributed by atoms with Crippen molar-refractivity contribution in [1.29, 1.82) is 0 Å². The zero-order chi connectivity index (χ0) is 10.6. The van der Waals surface area contributed by atoms with Crippen LogP contribution in [0.15, 0.2) is 0 Å². The largest absolute Gasteiger partial charge is 0.469 e. The summed E-state index contributed by atoms with van der Waals surface area (Å²) in [5.41, 5.74) is 0. The molecule has 14 heavy (non-hydrogen) atoms. The second-order valence-electron chi connectivity index (χ2n) is 3.97. The van der Waals surface area contributed by atoms with Crippen molar-refractivity contribution in [3.05, 3.63) is 0 Å². The van der Waals surface area contributed by atoms with Gasteiger partial charge in [0.2, 0.25) is 0 Å². The lowest BCUT2D eigenvalue weighted by molar-refractivity contribution is -0.147. The molecule has 0 aromatic heterocycles. The monoisotopic (exact) mass is 201 g/mol. The van der Waals surface area contributed by atoms with Gasteiger partial charge in [0.1, 0.15) is 0 Å². The number of carbonyl (C=O) groups is 1. The number of piperidine rings is 1. The molecule has 0 radical (unpaired) electrons. The van der Waals surface area contributed by atoms with Crippen LogP contribution in [-0.2, 0) is 9.53 Å². The van der Waals surface area contributed by atoms with E-state index in [9.17, 15) is 9.90 Å². The van der Waals surface area contributed by atoms with Gasteiger partial charge in [-0.05, 0) is 26.3 Å². The standard InChI is InChI=1S/C10H19NO3/c1-8(12)6-11-5-3-4-9(7-11)10(13)14-2/h8-9,12H,3-7H2,1-2H3/t8?,9-/m0/s1. The van der Waals surface area contributed by atoms with Crippen LogP contribution < -0.4 is 0 Å². The molecule has 0 aliphatic carbocycles. The highest BCUT2D eigenvalue weighted by molar-refractivity contribution is 5.72. The van der Waals surface area contributed by atoms with Crippen LogP contribution >= 0.6 is 0 Å². The lowest BCUT2D eigenvalue weighted by atomic mass is 9.98. The van der Waals surface area contributed by atoms with Gasteiger partial charge >= 0.3 is 5.97 Å². The third-order valence-corrected chi connectivity index (χ3v) is 2.56. The van der Waals surface area contributed by atoms with E-state index in [1.165, 1.54) is 7.11 Å². The first-order valence-electron chi connectivity index (χ1n) is 5.11. The van der Waals surface area contributed by atoms with Gasteiger partial charge in [0, 0.05) is 13.1 Å². The molecule has 0 spiro atoms. The Kier molecular flexibility index (Phi) is 4.35. The topological polar surface area (TPSA) is 49.8 Å². The molecule has 1 saturated heterocycles. The molecule has 82 valence electrons. The van der Waals surface area contributed by atoms with Gasteiger partial charge in [-0.25, -0.2) is 0 Å². The molecule has 1 N–H and O–H groups in total. The van der Waals surface area contributed by atoms with Crippen molar-refractivity contribution < 1.29 is 14.6 Å². The lowest BCUT2D eigenvalue weighted by Gasteiger charge is -2.31. The SMILES string of the molecule is COC(=O)[C@H]1CCCN(CC(C)O)C1. The quantitative estimate of drug-likeness (QED) is 0.665. The van der Waals surface area contributed by atoms with E-state index >= 15 is 0 Å². The highest BCUT2D eigenvalue weighted by Crippen LogP contribution is 2.17. The van der Waals surface area contributed by atoms with Gasteiger partial charge in [-0.2, -0.15) is 0 Å². The number of likely N-dealkylation sites (tertiary alicyclic amines) is 1. The Balaban J connectivity index is 2.39. The summed E-state index contributed by atoms with van der Waals surface area (Å²) < 4.78 is 4.71. The Morgan fingerprint density at radius 3 is 3.00 bits per heavy atom. The van der Waals surface area contributed by atoms with E-state index in [-0.39, 0.29) is 18.0 Å². The molecule has 0 saturated carbocycles. The average molecular weight is 201 g/mol. The van der Waals surface area contributed by atoms with Crippen LogP contribution in [0.5, 0.6) is 0 Å². The molecule has 1 fully saturated rings. The number of esters is 1. The van der Waals surface area contributed by atoms with E-state index in [0.29, 0.717) is 6.54 Å². The summed E-state index contributed by atoms with van der Waals surface area (Å²) >= 11 is 0. The number of nitrogens with zero attached hydrogens (tertiary/aromatic N) is 1. The van der Waals surface area contributed by atoms with E-state index in [1.807, 2.05) is 0 Å². The summed E-state index contributed by atoms with van der Waals surface area (Å²) in [6.45, 7) is 4.10. The second kappa shape index (κ2) is 5.32. The highest BCUT2D eigenvalue weighted by atomic mass is 16.5. The van der Waals surface area contributed by atoms with Crippen LogP contribution in [0.25, 0.3) is 0 Å². The fourth-order valence-corrected chi connectivity index (χ4v) is 1.95. The number of methoxy groups -OCH3 is 1. The number of carbonyl (C=O) groups excluding carboxylic acids is 1. The predicted molar refractivity (Wildman–Crippen MR) is 52.9 cm³/mol. The van der Waals surface area contributed by atoms with Gasteiger partial charge in [0.15, 0.2) is 0 Å². The van der Waals surface area contributed by atoms with Crippen molar-refractivity contribution in [2.75, 3.05) is 26.7 Å². The van der Waals surface area contributed by atoms with Crippen molar-refractivity contribution in [2.24, 2.45) is 5.92 Å². The first-order chi connectivity index (χ1) is 6.63. The Morgan fingerprint density at radius 1 is 1.71 bits per heavy atom. The van der Waals surface area contributed by atoms with Crippen LogP contribution in [0.1, 0.15) is 19.8 Å². The molecule has 2 atom stereocenters. The minimum atomic E-state index is -0.327. The average Bonchev–Trinajstić information content (AvgIpc) is 2.16. The fraction of sp³-hybridized carbons (Fsp3) is 0.900. The van der Waals surface area contributed by atoms with Gasteiger partial charge in [0.25, 0.3) is 0 Å². The maximum atomic E-state index is 11.3. The van der Waals surface area contributed by atoms with Crippen LogP contribution in [-0.4, -0.2) is 48.8 Å². The molecule has 4 nitrogen and oxygen atoms in total. The number of hydrogen-bond donors (Lipinski definition) is 1. The lowest BCUT2D eigenvalue weighted by Crippen LogP contribution is -2.42.